The number of nitrogens with zero attached hydrogens (tertiary/aromatic N) is 2. The number of halogens is 1. The average Bonchev–Trinajstić information content (AvgIpc) is 3.29. The number of pyridine rings is 1. The van der Waals surface area contributed by atoms with Crippen molar-refractivity contribution in [3.05, 3.63) is 53.2 Å². The van der Waals surface area contributed by atoms with Crippen LogP contribution in [-0.2, 0) is 17.8 Å². The Labute approximate surface area is 208 Å². The molecule has 0 radical (unpaired) electrons. The van der Waals surface area contributed by atoms with Crippen LogP contribution in [0.15, 0.2) is 41.5 Å². The first-order valence-electron chi connectivity index (χ1n) is 11.1. The normalized spacial score (nSPS) is 15.7. The Morgan fingerprint density at radius 1 is 1.19 bits per heavy atom. The highest BCUT2D eigenvalue weighted by molar-refractivity contribution is 14.0. The lowest BCUT2D eigenvalue weighted by molar-refractivity contribution is 0.166. The summed E-state index contributed by atoms with van der Waals surface area (Å²) < 4.78 is 17.1. The summed E-state index contributed by atoms with van der Waals surface area (Å²) in [6, 6.07) is 10.2. The largest absolute Gasteiger partial charge is 0.493 e. The fourth-order valence-corrected chi connectivity index (χ4v) is 3.33. The van der Waals surface area contributed by atoms with Gasteiger partial charge in [0.2, 0.25) is 5.88 Å². The van der Waals surface area contributed by atoms with Crippen molar-refractivity contribution in [3.8, 4) is 11.6 Å². The topological polar surface area (TPSA) is 77.0 Å². The first kappa shape index (κ1) is 26.2. The summed E-state index contributed by atoms with van der Waals surface area (Å²) in [5, 5.41) is 6.73. The van der Waals surface area contributed by atoms with Crippen LogP contribution in [0.25, 0.3) is 0 Å². The van der Waals surface area contributed by atoms with Crippen LogP contribution in [0.4, 0.5) is 0 Å². The van der Waals surface area contributed by atoms with Crippen molar-refractivity contribution in [1.82, 2.24) is 15.6 Å². The van der Waals surface area contributed by atoms with Gasteiger partial charge in [0, 0.05) is 43.4 Å². The van der Waals surface area contributed by atoms with E-state index in [0.29, 0.717) is 38.1 Å². The number of aromatic nitrogens is 1. The van der Waals surface area contributed by atoms with Gasteiger partial charge in [0.15, 0.2) is 5.96 Å². The predicted octanol–water partition coefficient (Wildman–Crippen LogP) is 4.08. The molecule has 7 nitrogen and oxygen atoms in total. The summed E-state index contributed by atoms with van der Waals surface area (Å²) >= 11 is 0. The minimum absolute atomic E-state index is 0. The number of hydrogen-bond acceptors (Lipinski definition) is 5. The van der Waals surface area contributed by atoms with Crippen LogP contribution in [-0.4, -0.2) is 43.9 Å². The molecule has 1 aliphatic heterocycles. The molecule has 1 aromatic carbocycles. The Balaban J connectivity index is 0.00000363. The van der Waals surface area contributed by atoms with Crippen LogP contribution in [0.1, 0.15) is 37.0 Å². The smallest absolute Gasteiger partial charge is 0.213 e. The van der Waals surface area contributed by atoms with Crippen LogP contribution in [0.5, 0.6) is 11.6 Å². The van der Waals surface area contributed by atoms with E-state index in [-0.39, 0.29) is 24.0 Å². The molecule has 8 heteroatoms. The molecule has 3 rings (SSSR count). The number of ether oxygens (including phenoxy) is 3. The highest BCUT2D eigenvalue weighted by Crippen LogP contribution is 2.22. The summed E-state index contributed by atoms with van der Waals surface area (Å²) in [5.74, 6) is 2.78. The van der Waals surface area contributed by atoms with Crippen molar-refractivity contribution in [1.29, 1.82) is 0 Å². The van der Waals surface area contributed by atoms with Crippen molar-refractivity contribution < 1.29 is 14.2 Å². The number of guanidine groups is 1. The molecule has 1 saturated heterocycles. The van der Waals surface area contributed by atoms with Crippen molar-refractivity contribution in [2.24, 2.45) is 10.9 Å². The maximum atomic E-state index is 6.16. The summed E-state index contributed by atoms with van der Waals surface area (Å²) in [4.78, 5) is 8.92. The van der Waals surface area contributed by atoms with Gasteiger partial charge in [-0.05, 0) is 50.5 Å². The van der Waals surface area contributed by atoms with Crippen LogP contribution < -0.4 is 20.1 Å². The molecular weight excluding hydrogens is 519 g/mol. The summed E-state index contributed by atoms with van der Waals surface area (Å²) in [6.07, 6.45) is 2.82. The number of hydrogen-bond donors (Lipinski definition) is 2. The van der Waals surface area contributed by atoms with Crippen LogP contribution in [0.2, 0.25) is 0 Å². The van der Waals surface area contributed by atoms with E-state index in [9.17, 15) is 0 Å². The minimum atomic E-state index is 0. The van der Waals surface area contributed by atoms with Crippen LogP contribution in [0, 0.1) is 12.8 Å². The summed E-state index contributed by atoms with van der Waals surface area (Å²) in [5.41, 5.74) is 3.34. The maximum absolute atomic E-state index is 6.16. The molecule has 1 fully saturated rings. The Morgan fingerprint density at radius 2 is 2.06 bits per heavy atom. The fourth-order valence-electron chi connectivity index (χ4n) is 3.33. The van der Waals surface area contributed by atoms with Gasteiger partial charge in [-0.15, -0.1) is 24.0 Å². The molecule has 0 saturated carbocycles. The van der Waals surface area contributed by atoms with E-state index < -0.39 is 0 Å². The van der Waals surface area contributed by atoms with Gasteiger partial charge in [-0.25, -0.2) is 9.98 Å². The zero-order valence-electron chi connectivity index (χ0n) is 19.2. The number of aryl methyl sites for hydroxylation is 1. The molecule has 0 bridgehead atoms. The second kappa shape index (κ2) is 14.2. The SMILES string of the molecule is CCNC(=NCc1ccnc(OCC)c1)NCc1ccc(C)cc1OCC1CCOC1.I. The van der Waals surface area contributed by atoms with Gasteiger partial charge in [0.25, 0.3) is 0 Å². The summed E-state index contributed by atoms with van der Waals surface area (Å²) in [6.45, 7) is 10.9. The molecule has 0 spiro atoms. The first-order valence-corrected chi connectivity index (χ1v) is 11.1. The molecule has 32 heavy (non-hydrogen) atoms. The van der Waals surface area contributed by atoms with Gasteiger partial charge < -0.3 is 24.8 Å². The first-order chi connectivity index (χ1) is 15.2. The van der Waals surface area contributed by atoms with Crippen LogP contribution >= 0.6 is 24.0 Å². The van der Waals surface area contributed by atoms with Crippen molar-refractivity contribution >= 4 is 29.9 Å². The molecular formula is C24H35IN4O3. The minimum Gasteiger partial charge on any atom is -0.493 e. The zero-order chi connectivity index (χ0) is 21.9. The lowest BCUT2D eigenvalue weighted by atomic mass is 10.1. The lowest BCUT2D eigenvalue weighted by Crippen LogP contribution is -2.36. The average molecular weight is 554 g/mol. The highest BCUT2D eigenvalue weighted by atomic mass is 127. The zero-order valence-corrected chi connectivity index (χ0v) is 21.6. The molecule has 1 atom stereocenters. The Kier molecular flexibility index (Phi) is 11.6. The number of nitrogens with one attached hydrogen (secondary N) is 2. The fraction of sp³-hybridized carbons (Fsp3) is 0.500. The van der Waals surface area contributed by atoms with Crippen LogP contribution in [0.3, 0.4) is 0 Å². The van der Waals surface area contributed by atoms with E-state index in [1.165, 1.54) is 5.56 Å². The standard InChI is InChI=1S/C24H34N4O3.HI/c1-4-25-24(27-14-19-8-10-26-23(13-19)30-5-2)28-15-21-7-6-18(3)12-22(21)31-17-20-9-11-29-16-20;/h6-8,10,12-13,20H,4-5,9,11,14-17H2,1-3H3,(H2,25,27,28);1H. The molecule has 0 amide bonds. The second-order valence-corrected chi connectivity index (χ2v) is 7.64. The molecule has 1 unspecified atom stereocenters. The van der Waals surface area contributed by atoms with Gasteiger partial charge in [0.05, 0.1) is 26.4 Å². The van der Waals surface area contributed by atoms with Crippen molar-refractivity contribution in [2.75, 3.05) is 33.0 Å². The molecule has 0 aliphatic carbocycles. The van der Waals surface area contributed by atoms with Gasteiger partial charge in [0.1, 0.15) is 5.75 Å². The molecule has 176 valence electrons. The Bertz CT molecular complexity index is 857. The predicted molar refractivity (Wildman–Crippen MR) is 138 cm³/mol. The number of benzene rings is 1. The highest BCUT2D eigenvalue weighted by Gasteiger charge is 2.17. The summed E-state index contributed by atoms with van der Waals surface area (Å²) in [7, 11) is 0. The quantitative estimate of drug-likeness (QED) is 0.262. The Morgan fingerprint density at radius 3 is 2.81 bits per heavy atom. The van der Waals surface area contributed by atoms with E-state index in [2.05, 4.69) is 47.7 Å². The van der Waals surface area contributed by atoms with Gasteiger partial charge in [-0.3, -0.25) is 0 Å². The third-order valence-corrected chi connectivity index (χ3v) is 5.02. The second-order valence-electron chi connectivity index (χ2n) is 7.64. The van der Waals surface area contributed by atoms with E-state index in [4.69, 9.17) is 19.2 Å². The maximum Gasteiger partial charge on any atom is 0.213 e. The molecule has 2 aromatic rings. The lowest BCUT2D eigenvalue weighted by Gasteiger charge is -2.17. The van der Waals surface area contributed by atoms with Crippen molar-refractivity contribution in [3.63, 3.8) is 0 Å². The third-order valence-electron chi connectivity index (χ3n) is 5.02. The molecule has 2 N–H and O–H groups in total. The van der Waals surface area contributed by atoms with Gasteiger partial charge >= 0.3 is 0 Å². The number of aliphatic imine (C=N–C) groups is 1. The van der Waals surface area contributed by atoms with E-state index >= 15 is 0 Å². The monoisotopic (exact) mass is 554 g/mol. The van der Waals surface area contributed by atoms with Crippen molar-refractivity contribution in [2.45, 2.75) is 40.3 Å². The molecule has 1 aliphatic rings. The van der Waals surface area contributed by atoms with E-state index in [0.717, 1.165) is 49.0 Å². The van der Waals surface area contributed by atoms with Gasteiger partial charge in [-0.2, -0.15) is 0 Å². The molecule has 2 heterocycles. The van der Waals surface area contributed by atoms with E-state index in [1.54, 1.807) is 6.20 Å². The number of rotatable bonds is 10. The Hall–Kier alpha value is -2.07. The third kappa shape index (κ3) is 8.46. The van der Waals surface area contributed by atoms with Gasteiger partial charge in [-0.1, -0.05) is 12.1 Å². The van der Waals surface area contributed by atoms with E-state index in [1.807, 2.05) is 19.1 Å². The molecule has 1 aromatic heterocycles.